The third-order valence-corrected chi connectivity index (χ3v) is 15.2. The first-order valence-electron chi connectivity index (χ1n) is 20.3. The maximum atomic E-state index is 7.82. The van der Waals surface area contributed by atoms with E-state index in [0.717, 1.165) is 85.7 Å². The Morgan fingerprint density at radius 3 is 2.16 bits per heavy atom. The van der Waals surface area contributed by atoms with Gasteiger partial charge in [-0.25, -0.2) is 0 Å². The van der Waals surface area contributed by atoms with Crippen molar-refractivity contribution >= 4 is 34.3 Å². The van der Waals surface area contributed by atoms with E-state index in [2.05, 4.69) is 130 Å². The number of ether oxygens (including phenoxy) is 4. The molecule has 6 heteroatoms. The van der Waals surface area contributed by atoms with E-state index in [9.17, 15) is 0 Å². The van der Waals surface area contributed by atoms with Crippen molar-refractivity contribution < 1.29 is 18.9 Å². The van der Waals surface area contributed by atoms with Crippen molar-refractivity contribution in [3.63, 3.8) is 0 Å². The molecule has 1 unspecified atom stereocenters. The van der Waals surface area contributed by atoms with Crippen LogP contribution < -0.4 is 19.1 Å². The zero-order chi connectivity index (χ0) is 37.6. The summed E-state index contributed by atoms with van der Waals surface area (Å²) in [5, 5.41) is 2.38. The van der Waals surface area contributed by atoms with Gasteiger partial charge < -0.3 is 23.8 Å². The number of benzene rings is 5. The van der Waals surface area contributed by atoms with Gasteiger partial charge in [-0.05, 0) is 114 Å². The molecular formula is C49H51NO4S. The minimum Gasteiger partial charge on any atom is -0.497 e. The predicted octanol–water partition coefficient (Wildman–Crippen LogP) is 11.9. The molecule has 2 fully saturated rings. The molecule has 282 valence electrons. The van der Waals surface area contributed by atoms with E-state index in [1.807, 2.05) is 11.8 Å². The highest BCUT2D eigenvalue weighted by atomic mass is 32.2. The molecule has 0 amide bonds. The molecule has 3 aliphatic heterocycles. The van der Waals surface area contributed by atoms with Crippen LogP contribution in [-0.2, 0) is 15.8 Å². The lowest BCUT2D eigenvalue weighted by molar-refractivity contribution is 0.122. The number of rotatable bonds is 6. The molecule has 0 N–H and O–H groups in total. The smallest absolute Gasteiger partial charge is 0.178 e. The van der Waals surface area contributed by atoms with Crippen LogP contribution in [0.15, 0.2) is 95.9 Å². The Balaban J connectivity index is 1.23. The van der Waals surface area contributed by atoms with E-state index in [0.29, 0.717) is 5.41 Å². The largest absolute Gasteiger partial charge is 0.497 e. The molecule has 2 aliphatic carbocycles. The summed E-state index contributed by atoms with van der Waals surface area (Å²) in [5.74, 6) is 2.79. The first-order valence-corrected chi connectivity index (χ1v) is 21.2. The van der Waals surface area contributed by atoms with Crippen LogP contribution in [0, 0.1) is 5.41 Å². The highest BCUT2D eigenvalue weighted by Gasteiger charge is 2.51. The van der Waals surface area contributed by atoms with Crippen LogP contribution in [0.5, 0.6) is 17.2 Å². The zero-order valence-electron chi connectivity index (χ0n) is 32.8. The van der Waals surface area contributed by atoms with E-state index < -0.39 is 5.60 Å². The van der Waals surface area contributed by atoms with Crippen molar-refractivity contribution in [2.75, 3.05) is 38.3 Å². The van der Waals surface area contributed by atoms with Crippen LogP contribution >= 0.6 is 11.8 Å². The van der Waals surface area contributed by atoms with E-state index in [1.54, 1.807) is 7.11 Å². The number of hydrogen-bond acceptors (Lipinski definition) is 6. The van der Waals surface area contributed by atoms with Crippen LogP contribution in [0.25, 0.3) is 28.0 Å². The summed E-state index contributed by atoms with van der Waals surface area (Å²) in [6, 6.07) is 31.5. The summed E-state index contributed by atoms with van der Waals surface area (Å²) in [4.78, 5) is 3.35. The van der Waals surface area contributed by atoms with Gasteiger partial charge in [0.05, 0.1) is 25.2 Å². The molecule has 5 aliphatic rings. The maximum absolute atomic E-state index is 7.82. The minimum absolute atomic E-state index is 0.0848. The second kappa shape index (κ2) is 12.8. The van der Waals surface area contributed by atoms with Crippen LogP contribution in [0.4, 0.5) is 5.69 Å². The highest BCUT2D eigenvalue weighted by molar-refractivity contribution is 8.00. The molecule has 0 aromatic heterocycles. The first kappa shape index (κ1) is 35.1. The van der Waals surface area contributed by atoms with Gasteiger partial charge in [0, 0.05) is 46.3 Å². The second-order valence-corrected chi connectivity index (χ2v) is 18.4. The van der Waals surface area contributed by atoms with Crippen molar-refractivity contribution in [2.24, 2.45) is 5.41 Å². The Hall–Kier alpha value is -4.39. The molecule has 1 saturated carbocycles. The maximum Gasteiger partial charge on any atom is 0.178 e. The normalized spacial score (nSPS) is 22.4. The Kier molecular flexibility index (Phi) is 8.17. The van der Waals surface area contributed by atoms with Crippen LogP contribution in [0.3, 0.4) is 0 Å². The summed E-state index contributed by atoms with van der Waals surface area (Å²) in [5.41, 5.74) is 9.62. The summed E-state index contributed by atoms with van der Waals surface area (Å²) in [6.07, 6.45) is 11.2. The predicted molar refractivity (Wildman–Crippen MR) is 225 cm³/mol. The molecule has 55 heavy (non-hydrogen) atoms. The quantitative estimate of drug-likeness (QED) is 0.172. The lowest BCUT2D eigenvalue weighted by Crippen LogP contribution is -2.37. The van der Waals surface area contributed by atoms with Crippen LogP contribution in [-0.4, -0.2) is 38.3 Å². The molecular weight excluding hydrogens is 699 g/mol. The third-order valence-electron chi connectivity index (χ3n) is 13.6. The van der Waals surface area contributed by atoms with Crippen LogP contribution in [0.2, 0.25) is 0 Å². The topological polar surface area (TPSA) is 40.2 Å². The van der Waals surface area contributed by atoms with E-state index in [1.165, 1.54) is 56.6 Å². The molecule has 0 bridgehead atoms. The van der Waals surface area contributed by atoms with E-state index in [-0.39, 0.29) is 10.3 Å². The van der Waals surface area contributed by atoms with Crippen molar-refractivity contribution in [3.05, 3.63) is 119 Å². The van der Waals surface area contributed by atoms with Crippen molar-refractivity contribution in [2.45, 2.75) is 87.1 Å². The van der Waals surface area contributed by atoms with Gasteiger partial charge in [0.1, 0.15) is 17.2 Å². The lowest BCUT2D eigenvalue weighted by Gasteiger charge is -2.44. The average Bonchev–Trinajstić information content (AvgIpc) is 3.75. The van der Waals surface area contributed by atoms with E-state index >= 15 is 0 Å². The Morgan fingerprint density at radius 1 is 0.782 bits per heavy atom. The standard InChI is InChI=1S/C49H51NO4S/c1-6-48(7-2)53-41-30-38-39(31-42(41)55-48)45-37(44-43(38)36-10-8-9-11-40(36)47(44)24-22-46(3,4)23-25-47)20-21-49(54-45,33-14-18-35(51-5)19-15-33)32-12-16-34(17-13-32)50-26-28-52-29-27-50/h8-21,30-31H,6-7,22-29H2,1-5H3. The molecule has 10 rings (SSSR count). The zero-order valence-corrected chi connectivity index (χ0v) is 33.6. The Morgan fingerprint density at radius 2 is 1.47 bits per heavy atom. The first-order chi connectivity index (χ1) is 26.7. The molecule has 5 aromatic carbocycles. The fourth-order valence-electron chi connectivity index (χ4n) is 10.2. The Labute approximate surface area is 330 Å². The number of nitrogens with zero attached hydrogens (tertiary/aromatic N) is 1. The van der Waals surface area contributed by atoms with Gasteiger partial charge in [-0.3, -0.25) is 0 Å². The fourth-order valence-corrected chi connectivity index (χ4v) is 11.4. The summed E-state index contributed by atoms with van der Waals surface area (Å²) < 4.78 is 26.0. The number of hydrogen-bond donors (Lipinski definition) is 0. The van der Waals surface area contributed by atoms with Crippen LogP contribution in [0.1, 0.15) is 94.0 Å². The molecule has 5 nitrogen and oxygen atoms in total. The van der Waals surface area contributed by atoms with Crippen molar-refractivity contribution in [1.82, 2.24) is 0 Å². The number of morpholine rings is 1. The third kappa shape index (κ3) is 5.30. The number of methoxy groups -OCH3 is 1. The van der Waals surface area contributed by atoms with Crippen molar-refractivity contribution in [3.8, 4) is 28.4 Å². The molecule has 1 saturated heterocycles. The number of thioether (sulfide) groups is 1. The van der Waals surface area contributed by atoms with Gasteiger partial charge >= 0.3 is 0 Å². The molecule has 0 radical (unpaired) electrons. The van der Waals surface area contributed by atoms with Gasteiger partial charge in [0.2, 0.25) is 0 Å². The Bertz CT molecular complexity index is 2320. The SMILES string of the molecule is CCC1(CC)Oc2cc3c4c(c5c(c3cc2S1)OC(c1ccc(OC)cc1)(c1ccc(N2CCOCC2)cc1)C=C5)C1(CCC(C)(C)CC1)c1ccccc1-4. The molecule has 1 spiro atoms. The summed E-state index contributed by atoms with van der Waals surface area (Å²) in [7, 11) is 1.72. The van der Waals surface area contributed by atoms with Gasteiger partial charge in [-0.2, -0.15) is 0 Å². The summed E-state index contributed by atoms with van der Waals surface area (Å²) in [6.45, 7) is 12.7. The van der Waals surface area contributed by atoms with Crippen molar-refractivity contribution in [1.29, 1.82) is 0 Å². The fraction of sp³-hybridized carbons (Fsp3) is 0.388. The average molecular weight is 750 g/mol. The van der Waals surface area contributed by atoms with Gasteiger partial charge in [-0.15, -0.1) is 0 Å². The van der Waals surface area contributed by atoms with Gasteiger partial charge in [0.15, 0.2) is 10.5 Å². The lowest BCUT2D eigenvalue weighted by atomic mass is 9.60. The molecule has 3 heterocycles. The minimum atomic E-state index is -0.865. The van der Waals surface area contributed by atoms with E-state index in [4.69, 9.17) is 18.9 Å². The second-order valence-electron chi connectivity index (χ2n) is 17.0. The summed E-state index contributed by atoms with van der Waals surface area (Å²) >= 11 is 1.88. The monoisotopic (exact) mass is 749 g/mol. The molecule has 5 aromatic rings. The molecule has 1 atom stereocenters. The number of anilines is 1. The van der Waals surface area contributed by atoms with Gasteiger partial charge in [0.25, 0.3) is 0 Å². The highest BCUT2D eigenvalue weighted by Crippen LogP contribution is 2.65. The number of fused-ring (bicyclic) bond motifs is 11. The van der Waals surface area contributed by atoms with Gasteiger partial charge in [-0.1, -0.05) is 94.1 Å².